The van der Waals surface area contributed by atoms with Gasteiger partial charge in [0.1, 0.15) is 6.54 Å². The van der Waals surface area contributed by atoms with Crippen LogP contribution in [0, 0.1) is 17.2 Å². The van der Waals surface area contributed by atoms with E-state index in [-0.39, 0.29) is 18.4 Å². The third-order valence-corrected chi connectivity index (χ3v) is 3.20. The number of rotatable bonds is 7. The number of hydrogen-bond donors (Lipinski definition) is 0. The number of amides is 1. The fourth-order valence-corrected chi connectivity index (χ4v) is 2.05. The highest BCUT2D eigenvalue weighted by atomic mass is 16.2. The summed E-state index contributed by atoms with van der Waals surface area (Å²) in [5.41, 5.74) is 1.06. The zero-order valence-electron chi connectivity index (χ0n) is 11.8. The van der Waals surface area contributed by atoms with Crippen LogP contribution in [0.25, 0.3) is 0 Å². The maximum Gasteiger partial charge on any atom is 0.226 e. The lowest BCUT2D eigenvalue weighted by atomic mass is 10.0. The van der Waals surface area contributed by atoms with E-state index in [1.54, 1.807) is 4.90 Å². The zero-order valence-corrected chi connectivity index (χ0v) is 11.8. The normalized spacial score (nSPS) is 11.6. The van der Waals surface area contributed by atoms with Crippen molar-refractivity contribution in [2.75, 3.05) is 6.54 Å². The molecule has 0 fully saturated rings. The molecule has 0 aliphatic heterocycles. The minimum atomic E-state index is -0.00277. The molecule has 1 rings (SSSR count). The Labute approximate surface area is 115 Å². The van der Waals surface area contributed by atoms with Gasteiger partial charge in [-0.3, -0.25) is 4.79 Å². The van der Waals surface area contributed by atoms with Crippen molar-refractivity contribution in [3.8, 4) is 6.07 Å². The Morgan fingerprint density at radius 2 is 2.05 bits per heavy atom. The van der Waals surface area contributed by atoms with E-state index in [0.29, 0.717) is 6.54 Å². The lowest BCUT2D eigenvalue weighted by molar-refractivity contribution is -0.135. The molecule has 102 valence electrons. The molecule has 1 aromatic carbocycles. The zero-order chi connectivity index (χ0) is 14.1. The van der Waals surface area contributed by atoms with Gasteiger partial charge in [0.15, 0.2) is 0 Å². The van der Waals surface area contributed by atoms with Crippen LogP contribution in [0.2, 0.25) is 0 Å². The van der Waals surface area contributed by atoms with E-state index in [9.17, 15) is 4.79 Å². The van der Waals surface area contributed by atoms with Crippen LogP contribution in [0.1, 0.15) is 38.7 Å². The molecule has 0 saturated carbocycles. The van der Waals surface area contributed by atoms with Gasteiger partial charge in [-0.05, 0) is 12.0 Å². The molecule has 1 amide bonds. The minimum absolute atomic E-state index is 0.00277. The highest BCUT2D eigenvalue weighted by molar-refractivity contribution is 5.78. The molecule has 0 aromatic heterocycles. The molecule has 0 saturated heterocycles. The van der Waals surface area contributed by atoms with Crippen molar-refractivity contribution in [1.29, 1.82) is 5.26 Å². The first-order chi connectivity index (χ1) is 9.19. The predicted molar refractivity (Wildman–Crippen MR) is 76.2 cm³/mol. The molecule has 0 bridgehead atoms. The van der Waals surface area contributed by atoms with Gasteiger partial charge in [0, 0.05) is 12.5 Å². The summed E-state index contributed by atoms with van der Waals surface area (Å²) in [6.07, 6.45) is 3.04. The second-order valence-electron chi connectivity index (χ2n) is 4.88. The van der Waals surface area contributed by atoms with Gasteiger partial charge in [-0.15, -0.1) is 0 Å². The van der Waals surface area contributed by atoms with E-state index in [1.807, 2.05) is 37.3 Å². The van der Waals surface area contributed by atoms with Crippen LogP contribution in [-0.2, 0) is 11.3 Å². The van der Waals surface area contributed by atoms with Crippen molar-refractivity contribution in [2.24, 2.45) is 5.92 Å². The summed E-state index contributed by atoms with van der Waals surface area (Å²) in [6, 6.07) is 11.9. The number of hydrogen-bond acceptors (Lipinski definition) is 2. The second kappa shape index (κ2) is 8.31. The summed E-state index contributed by atoms with van der Waals surface area (Å²) in [5, 5.41) is 8.88. The average molecular weight is 258 g/mol. The van der Waals surface area contributed by atoms with Crippen LogP contribution < -0.4 is 0 Å². The molecule has 19 heavy (non-hydrogen) atoms. The first kappa shape index (κ1) is 15.2. The molecule has 3 nitrogen and oxygen atoms in total. The SMILES string of the molecule is CCCCC(C)C(=O)N(CC#N)Cc1ccccc1. The van der Waals surface area contributed by atoms with Crippen molar-refractivity contribution < 1.29 is 4.79 Å². The Balaban J connectivity index is 2.66. The Kier molecular flexibility index (Phi) is 6.67. The van der Waals surface area contributed by atoms with Crippen molar-refractivity contribution >= 4 is 5.91 Å². The Morgan fingerprint density at radius 1 is 1.37 bits per heavy atom. The maximum atomic E-state index is 12.3. The van der Waals surface area contributed by atoms with Gasteiger partial charge >= 0.3 is 0 Å². The van der Waals surface area contributed by atoms with Gasteiger partial charge in [0.25, 0.3) is 0 Å². The third kappa shape index (κ3) is 5.13. The van der Waals surface area contributed by atoms with Crippen LogP contribution in [-0.4, -0.2) is 17.4 Å². The molecule has 3 heteroatoms. The standard InChI is InChI=1S/C16H22N2O/c1-3-4-8-14(2)16(19)18(12-11-17)13-15-9-6-5-7-10-15/h5-7,9-10,14H,3-4,8,12-13H2,1-2H3. The quantitative estimate of drug-likeness (QED) is 0.704. The topological polar surface area (TPSA) is 44.1 Å². The summed E-state index contributed by atoms with van der Waals surface area (Å²) >= 11 is 0. The Hall–Kier alpha value is -1.82. The smallest absolute Gasteiger partial charge is 0.226 e. The highest BCUT2D eigenvalue weighted by Crippen LogP contribution is 2.13. The van der Waals surface area contributed by atoms with Crippen LogP contribution in [0.15, 0.2) is 30.3 Å². The first-order valence-electron chi connectivity index (χ1n) is 6.88. The molecular formula is C16H22N2O. The van der Waals surface area contributed by atoms with Crippen molar-refractivity contribution in [3.05, 3.63) is 35.9 Å². The number of benzene rings is 1. The molecule has 0 heterocycles. The van der Waals surface area contributed by atoms with Crippen LogP contribution in [0.3, 0.4) is 0 Å². The van der Waals surface area contributed by atoms with Gasteiger partial charge in [-0.25, -0.2) is 0 Å². The van der Waals surface area contributed by atoms with Crippen LogP contribution >= 0.6 is 0 Å². The fraction of sp³-hybridized carbons (Fsp3) is 0.500. The van der Waals surface area contributed by atoms with E-state index in [1.165, 1.54) is 0 Å². The molecule has 0 N–H and O–H groups in total. The molecule has 0 spiro atoms. The fourth-order valence-electron chi connectivity index (χ4n) is 2.05. The Morgan fingerprint density at radius 3 is 2.63 bits per heavy atom. The van der Waals surface area contributed by atoms with E-state index in [4.69, 9.17) is 5.26 Å². The molecular weight excluding hydrogens is 236 g/mol. The summed E-state index contributed by atoms with van der Waals surface area (Å²) in [7, 11) is 0. The third-order valence-electron chi connectivity index (χ3n) is 3.20. The summed E-state index contributed by atoms with van der Waals surface area (Å²) in [5.74, 6) is 0.0795. The van der Waals surface area contributed by atoms with Gasteiger partial charge in [0.2, 0.25) is 5.91 Å². The molecule has 1 unspecified atom stereocenters. The van der Waals surface area contributed by atoms with Crippen molar-refractivity contribution in [3.63, 3.8) is 0 Å². The number of carbonyl (C=O) groups excluding carboxylic acids is 1. The lowest BCUT2D eigenvalue weighted by Gasteiger charge is -2.23. The van der Waals surface area contributed by atoms with Crippen molar-refractivity contribution in [1.82, 2.24) is 4.90 Å². The summed E-state index contributed by atoms with van der Waals surface area (Å²) < 4.78 is 0. The minimum Gasteiger partial charge on any atom is -0.325 e. The molecule has 0 radical (unpaired) electrons. The lowest BCUT2D eigenvalue weighted by Crippen LogP contribution is -2.35. The van der Waals surface area contributed by atoms with E-state index < -0.39 is 0 Å². The highest BCUT2D eigenvalue weighted by Gasteiger charge is 2.19. The van der Waals surface area contributed by atoms with Gasteiger partial charge < -0.3 is 4.90 Å². The summed E-state index contributed by atoms with van der Waals surface area (Å²) in [4.78, 5) is 14.0. The number of unbranched alkanes of at least 4 members (excludes halogenated alkanes) is 1. The van der Waals surface area contributed by atoms with Crippen LogP contribution in [0.5, 0.6) is 0 Å². The molecule has 1 atom stereocenters. The molecule has 1 aromatic rings. The second-order valence-corrected chi connectivity index (χ2v) is 4.88. The van der Waals surface area contributed by atoms with Gasteiger partial charge in [0.05, 0.1) is 6.07 Å². The number of nitrogens with zero attached hydrogens (tertiary/aromatic N) is 2. The largest absolute Gasteiger partial charge is 0.325 e. The van der Waals surface area contributed by atoms with E-state index in [0.717, 1.165) is 24.8 Å². The maximum absolute atomic E-state index is 12.3. The van der Waals surface area contributed by atoms with E-state index >= 15 is 0 Å². The monoisotopic (exact) mass is 258 g/mol. The van der Waals surface area contributed by atoms with Crippen LogP contribution in [0.4, 0.5) is 0 Å². The Bertz CT molecular complexity index is 422. The van der Waals surface area contributed by atoms with Crippen molar-refractivity contribution in [2.45, 2.75) is 39.7 Å². The predicted octanol–water partition coefficient (Wildman–Crippen LogP) is 3.37. The molecule has 0 aliphatic carbocycles. The number of nitriles is 1. The number of carbonyl (C=O) groups is 1. The van der Waals surface area contributed by atoms with E-state index in [2.05, 4.69) is 13.0 Å². The van der Waals surface area contributed by atoms with Gasteiger partial charge in [-0.1, -0.05) is 57.0 Å². The summed E-state index contributed by atoms with van der Waals surface area (Å²) in [6.45, 7) is 4.75. The molecule has 0 aliphatic rings. The first-order valence-corrected chi connectivity index (χ1v) is 6.88. The van der Waals surface area contributed by atoms with Gasteiger partial charge in [-0.2, -0.15) is 5.26 Å². The average Bonchev–Trinajstić information content (AvgIpc) is 2.44.